The van der Waals surface area contributed by atoms with Crippen LogP contribution in [0.15, 0.2) is 124 Å². The van der Waals surface area contributed by atoms with E-state index in [0.29, 0.717) is 22.6 Å². The first-order valence-electron chi connectivity index (χ1n) is 13.5. The van der Waals surface area contributed by atoms with E-state index in [4.69, 9.17) is 9.47 Å². The number of ether oxygens (including phenoxy) is 2. The molecule has 0 aliphatic carbocycles. The molecule has 43 heavy (non-hydrogen) atoms. The number of carbonyl (C=O) groups is 1. The Kier molecular flexibility index (Phi) is 10.6. The Hall–Kier alpha value is -5.18. The largest absolute Gasteiger partial charge is 0.497 e. The molecule has 0 aliphatic rings. The van der Waals surface area contributed by atoms with E-state index < -0.39 is 23.0 Å². The molecule has 0 bridgehead atoms. The lowest BCUT2D eigenvalue weighted by Crippen LogP contribution is -2.42. The zero-order chi connectivity index (χ0) is 31.8. The third kappa shape index (κ3) is 7.56. The lowest BCUT2D eigenvalue weighted by Gasteiger charge is -2.17. The van der Waals surface area contributed by atoms with Crippen LogP contribution in [0.2, 0.25) is 0 Å². The maximum Gasteiger partial charge on any atom is 0.335 e. The van der Waals surface area contributed by atoms with Gasteiger partial charge in [0, 0.05) is 29.6 Å². The molecule has 0 aliphatic heterocycles. The van der Waals surface area contributed by atoms with Crippen molar-refractivity contribution in [3.63, 3.8) is 0 Å². The van der Waals surface area contributed by atoms with E-state index in [1.807, 2.05) is 13.8 Å². The number of carbonyl (C=O) groups excluding carboxylic acids is 1. The van der Waals surface area contributed by atoms with Crippen LogP contribution in [-0.4, -0.2) is 22.2 Å². The Morgan fingerprint density at radius 3 is 2.28 bits per heavy atom. The van der Waals surface area contributed by atoms with Crippen molar-refractivity contribution in [2.45, 2.75) is 40.7 Å². The maximum atomic E-state index is 15.3. The molecule has 0 radical (unpaired) electrons. The third-order valence-electron chi connectivity index (χ3n) is 6.32. The van der Waals surface area contributed by atoms with Gasteiger partial charge in [-0.15, -0.1) is 0 Å². The highest BCUT2D eigenvalue weighted by molar-refractivity contribution is 6.03. The second kappa shape index (κ2) is 14.1. The number of aromatic nitrogens is 2. The van der Waals surface area contributed by atoms with Crippen molar-refractivity contribution < 1.29 is 18.7 Å². The number of rotatable bonds is 11. The van der Waals surface area contributed by atoms with Gasteiger partial charge in [-0.05, 0) is 82.2 Å². The first-order chi connectivity index (χ1) is 20.4. The molecule has 224 valence electrons. The normalized spacial score (nSPS) is 11.6. The molecule has 3 aromatic rings. The molecule has 0 fully saturated rings. The van der Waals surface area contributed by atoms with Crippen molar-refractivity contribution in [2.24, 2.45) is 0 Å². The van der Waals surface area contributed by atoms with Crippen LogP contribution in [0.4, 0.5) is 10.1 Å². The standard InChI is InChI=1S/C34H36FN3O5/c1-9-13-29(26(21(2)3)19-31(42-8)22(4)5)43-30-17-16-24(18-28(30)35)36-32(39)27-20-37(23(6)7)34(41)38(33(27)40)25-14-11-10-12-15-25/h9-20,23H,1-2H2,3-8H3,(H,36,39). The fourth-order valence-corrected chi connectivity index (χ4v) is 4.11. The van der Waals surface area contributed by atoms with E-state index in [0.717, 1.165) is 16.2 Å². The van der Waals surface area contributed by atoms with Crippen LogP contribution < -0.4 is 21.3 Å². The second-order valence-electron chi connectivity index (χ2n) is 10.2. The van der Waals surface area contributed by atoms with Gasteiger partial charge in [0.15, 0.2) is 11.6 Å². The molecular formula is C34H36FN3O5. The van der Waals surface area contributed by atoms with Crippen molar-refractivity contribution in [3.8, 4) is 11.4 Å². The minimum atomic E-state index is -0.800. The molecule has 1 amide bonds. The molecule has 9 heteroatoms. The average Bonchev–Trinajstić information content (AvgIpc) is 2.94. The highest BCUT2D eigenvalue weighted by Gasteiger charge is 2.21. The van der Waals surface area contributed by atoms with Crippen molar-refractivity contribution in [2.75, 3.05) is 12.4 Å². The number of hydrogen-bond donors (Lipinski definition) is 1. The molecular weight excluding hydrogens is 549 g/mol. The zero-order valence-corrected chi connectivity index (χ0v) is 25.2. The molecule has 1 heterocycles. The van der Waals surface area contributed by atoms with Gasteiger partial charge in [-0.2, -0.15) is 0 Å². The molecule has 0 atom stereocenters. The van der Waals surface area contributed by atoms with Gasteiger partial charge in [0.05, 0.1) is 12.8 Å². The van der Waals surface area contributed by atoms with E-state index in [9.17, 15) is 14.4 Å². The molecule has 1 aromatic heterocycles. The van der Waals surface area contributed by atoms with Crippen molar-refractivity contribution in [1.82, 2.24) is 9.13 Å². The van der Waals surface area contributed by atoms with E-state index >= 15 is 4.39 Å². The smallest absolute Gasteiger partial charge is 0.335 e. The molecule has 0 spiro atoms. The predicted molar refractivity (Wildman–Crippen MR) is 168 cm³/mol. The number of methoxy groups -OCH3 is 1. The number of nitrogens with zero attached hydrogens (tertiary/aromatic N) is 2. The quantitative estimate of drug-likeness (QED) is 0.196. The summed E-state index contributed by atoms with van der Waals surface area (Å²) < 4.78 is 28.9. The number of allylic oxidation sites excluding steroid dienone is 5. The lowest BCUT2D eigenvalue weighted by molar-refractivity contribution is 0.102. The molecule has 0 unspecified atom stereocenters. The van der Waals surface area contributed by atoms with Crippen LogP contribution in [0.3, 0.4) is 0 Å². The minimum absolute atomic E-state index is 0.0823. The highest BCUT2D eigenvalue weighted by Crippen LogP contribution is 2.29. The van der Waals surface area contributed by atoms with Gasteiger partial charge in [-0.25, -0.2) is 13.8 Å². The Morgan fingerprint density at radius 1 is 1.07 bits per heavy atom. The second-order valence-corrected chi connectivity index (χ2v) is 10.2. The van der Waals surface area contributed by atoms with Gasteiger partial charge >= 0.3 is 5.69 Å². The number of benzene rings is 2. The summed E-state index contributed by atoms with van der Waals surface area (Å²) in [6.45, 7) is 16.8. The van der Waals surface area contributed by atoms with Crippen molar-refractivity contribution in [3.05, 3.63) is 147 Å². The first-order valence-corrected chi connectivity index (χ1v) is 13.5. The average molecular weight is 586 g/mol. The maximum absolute atomic E-state index is 15.3. The highest BCUT2D eigenvalue weighted by atomic mass is 19.1. The summed E-state index contributed by atoms with van der Waals surface area (Å²) in [5.74, 6) is -0.798. The van der Waals surface area contributed by atoms with Crippen molar-refractivity contribution >= 4 is 11.6 Å². The summed E-state index contributed by atoms with van der Waals surface area (Å²) in [4.78, 5) is 39.7. The predicted octanol–water partition coefficient (Wildman–Crippen LogP) is 6.86. The molecule has 1 N–H and O–H groups in total. The van der Waals surface area contributed by atoms with Gasteiger partial charge in [0.2, 0.25) is 0 Å². The summed E-state index contributed by atoms with van der Waals surface area (Å²) in [5.41, 5.74) is 0.896. The van der Waals surface area contributed by atoms with Gasteiger partial charge in [-0.3, -0.25) is 14.2 Å². The van der Waals surface area contributed by atoms with Gasteiger partial charge < -0.3 is 14.8 Å². The topological polar surface area (TPSA) is 91.6 Å². The van der Waals surface area contributed by atoms with Crippen LogP contribution in [0, 0.1) is 5.82 Å². The molecule has 3 rings (SSSR count). The number of nitrogens with one attached hydrogen (secondary N) is 1. The summed E-state index contributed by atoms with van der Waals surface area (Å²) in [6, 6.07) is 11.9. The van der Waals surface area contributed by atoms with Crippen molar-refractivity contribution in [1.29, 1.82) is 0 Å². The number of halogens is 1. The monoisotopic (exact) mass is 585 g/mol. The number of para-hydroxylation sites is 1. The van der Waals surface area contributed by atoms with Gasteiger partial charge in [0.25, 0.3) is 11.5 Å². The zero-order valence-electron chi connectivity index (χ0n) is 25.2. The molecule has 0 saturated carbocycles. The minimum Gasteiger partial charge on any atom is -0.497 e. The van der Waals surface area contributed by atoms with Crippen LogP contribution >= 0.6 is 0 Å². The summed E-state index contributed by atoms with van der Waals surface area (Å²) >= 11 is 0. The molecule has 8 nitrogen and oxygen atoms in total. The summed E-state index contributed by atoms with van der Waals surface area (Å²) in [7, 11) is 1.55. The third-order valence-corrected chi connectivity index (χ3v) is 6.32. The van der Waals surface area contributed by atoms with Gasteiger partial charge in [0.1, 0.15) is 17.1 Å². The fraction of sp³-hybridized carbons (Fsp3) is 0.206. The summed E-state index contributed by atoms with van der Waals surface area (Å²) in [5, 5.41) is 2.55. The van der Waals surface area contributed by atoms with Crippen LogP contribution in [0.25, 0.3) is 5.69 Å². The van der Waals surface area contributed by atoms with E-state index in [2.05, 4.69) is 18.5 Å². The van der Waals surface area contributed by atoms with E-state index in [1.54, 1.807) is 70.4 Å². The van der Waals surface area contributed by atoms with Crippen LogP contribution in [0.5, 0.6) is 5.75 Å². The lowest BCUT2D eigenvalue weighted by atomic mass is 10.0. The molecule has 0 saturated heterocycles. The van der Waals surface area contributed by atoms with E-state index in [1.165, 1.54) is 29.0 Å². The number of amides is 1. The Bertz CT molecular complexity index is 1750. The fourth-order valence-electron chi connectivity index (χ4n) is 4.11. The Labute approximate surface area is 250 Å². The Morgan fingerprint density at radius 2 is 1.74 bits per heavy atom. The van der Waals surface area contributed by atoms with Crippen LogP contribution in [-0.2, 0) is 4.74 Å². The SMILES string of the molecule is C=CC=C(Oc1ccc(NC(=O)c2cn(C(C)C)c(=O)n(-c3ccccc3)c2=O)cc1F)C(=CC(OC)=C(C)C)C(=C)C. The van der Waals surface area contributed by atoms with Crippen LogP contribution in [0.1, 0.15) is 51.0 Å². The van der Waals surface area contributed by atoms with Gasteiger partial charge in [-0.1, -0.05) is 37.4 Å². The molecule has 2 aromatic carbocycles. The number of hydrogen-bond acceptors (Lipinski definition) is 5. The Balaban J connectivity index is 1.98. The number of anilines is 1. The van der Waals surface area contributed by atoms with E-state index in [-0.39, 0.29) is 28.8 Å². The first kappa shape index (κ1) is 32.3. The summed E-state index contributed by atoms with van der Waals surface area (Å²) in [6.07, 6.45) is 6.05.